The van der Waals surface area contributed by atoms with E-state index in [2.05, 4.69) is 27.3 Å². The molecule has 12 aliphatic rings. The number of fused-ring (bicyclic) bond motifs is 10. The Bertz CT molecular complexity index is 5310. The summed E-state index contributed by atoms with van der Waals surface area (Å²) in [7, 11) is 0. The average Bonchev–Trinajstić information content (AvgIpc) is 1.59. The van der Waals surface area contributed by atoms with Gasteiger partial charge >= 0.3 is 23.7 Å². The van der Waals surface area contributed by atoms with Gasteiger partial charge in [-0.25, -0.2) is 14.4 Å². The molecule has 4 saturated heterocycles. The Morgan fingerprint density at radius 3 is 1.32 bits per heavy atom. The fraction of sp³-hybridized carbons (Fsp3) is 0.436. The molecule has 1 aliphatic carbocycles. The van der Waals surface area contributed by atoms with Crippen molar-refractivity contribution >= 4 is 46.3 Å². The third kappa shape index (κ3) is 15.8. The second-order valence-electron chi connectivity index (χ2n) is 29.6. The number of alkyl halides is 1. The van der Waals surface area contributed by atoms with Crippen LogP contribution in [0.3, 0.4) is 0 Å². The first-order valence-corrected chi connectivity index (χ1v) is 39.5. The van der Waals surface area contributed by atoms with Crippen molar-refractivity contribution in [1.82, 2.24) is 0 Å². The van der Waals surface area contributed by atoms with Crippen LogP contribution in [0.25, 0.3) is 0 Å². The third-order valence-electron chi connectivity index (χ3n) is 22.1. The second kappa shape index (κ2) is 36.1. The van der Waals surface area contributed by atoms with Gasteiger partial charge in [-0.15, -0.1) is 0 Å². The molecule has 0 radical (unpaired) electrons. The van der Waals surface area contributed by atoms with E-state index < -0.39 is 318 Å². The molecule has 5 aromatic rings. The Balaban J connectivity index is 0.000000162. The molecule has 31 N–H and O–H groups in total. The van der Waals surface area contributed by atoms with Crippen LogP contribution in [0.4, 0.5) is 0 Å². The highest BCUT2D eigenvalue weighted by atomic mass is 127. The molecule has 692 valence electrons. The van der Waals surface area contributed by atoms with Gasteiger partial charge in [-0.1, -0.05) is 30.0 Å². The zero-order valence-corrected chi connectivity index (χ0v) is 66.6. The van der Waals surface area contributed by atoms with Crippen LogP contribution in [0.5, 0.6) is 80.5 Å². The molecule has 127 heavy (non-hydrogen) atoms. The van der Waals surface area contributed by atoms with E-state index in [9.17, 15) is 157 Å². The van der Waals surface area contributed by atoms with Crippen LogP contribution < -0.4 is 14.2 Å². The quantitative estimate of drug-likeness (QED) is 0.0204. The number of aliphatic hydroxyl groups excluding tert-OH is 22. The smallest absolute Gasteiger partial charge is 0.378 e. The largest absolute Gasteiger partial charge is 0.508 e. The lowest BCUT2D eigenvalue weighted by Gasteiger charge is -2.42. The van der Waals surface area contributed by atoms with Crippen molar-refractivity contribution < 1.29 is 239 Å². The van der Waals surface area contributed by atoms with Crippen molar-refractivity contribution in [3.8, 4) is 80.5 Å². The van der Waals surface area contributed by atoms with Crippen LogP contribution >= 0.6 is 22.6 Å². The molecule has 11 aliphatic heterocycles. The number of Topliss-reactive ketones (excluding diaryl/α,β-unsaturated/α-hetero) is 1. The Morgan fingerprint density at radius 2 is 0.850 bits per heavy atom. The standard InChI is InChI=1S/C26H26O15.C25H24O16.C19H20O11.C6H8O6.CH3I.CH4/c1-7-2-12-8(3-9(7)29)26(40-23-21(11(31)5-27)39-25(36)24(23)41-26)16-13(37-12)4-10(30)15(18(16)33)22-20(35)19(34)17(32)14(6-28)38-22;26-4-12-16(30)18(32)19(33)23(39-12)14-9(29)3-11-15(17(14)31)25(6-1-7(27)8(28)2-10(6)38-11)37-5-13(41-25)22-20(34)21(35)24(36)40-22;20-4-11-15(25)17(27)18(28)19(30-11)12-8(23)3-10-13(16(12)26)14(24)5-1-6(21)7(22)2-9(5)29-10;7-1-2(8)5-3(9)4(10)6(11)12-5;1-2;/h2-4,11,14,17,19-22,27-35H,5-6H2,1H3;1-3,12-13,16,18-19,22-23,26-35H,4-5H2;1-3,5,9,11,15,17-23,25-28H,4H2;2,5,7-10H,1H2;1H3;1H4/t11?,14-,17-,19+,20-,21?,22?,26?;12-,13?,16-,18+,19-,22?,23?,25?;5?,9?,11-,15-,17+,18-,19?;;;/m111.../s1. The molecule has 17 rings (SSSR count). The van der Waals surface area contributed by atoms with Gasteiger partial charge in [0.05, 0.1) is 73.4 Å². The number of carbonyl (C=O) groups is 4. The first-order valence-electron chi connectivity index (χ1n) is 37.3. The SMILES string of the molecule is C.CI.Cc1cc2c(cc1O)C1(OC3=C(O1)C(C(O)CO)OC3=O)c1c(cc(O)c(C3O[C@H](CO)[C@@H](O)[C@H](O)[C@H]3O)c1O)O2.O=C1OC(C(O)CO)C(O)=C1O.O=C1OC(C2COC3(O2)c2cc(O)c(O)cc2Oc2cc(O)c(C4O[C@H](CO)[C@@H](O)[C@H](O)[C@H]4O)c(O)c23)C(O)=C1O.O=C1c2c(cc(O)c(C3O[C@H](CO)[C@@H](O)[C@H](O)[C@H]3O)c2O)OC2C=C(O)C(O)=CC12. The second-order valence-corrected chi connectivity index (χ2v) is 29.6. The molecular formula is C78H85IO48. The van der Waals surface area contributed by atoms with Crippen molar-refractivity contribution in [2.24, 2.45) is 5.92 Å². The Morgan fingerprint density at radius 1 is 0.433 bits per heavy atom. The summed E-state index contributed by atoms with van der Waals surface area (Å²) >= 11 is 2.15. The molecule has 49 heteroatoms. The minimum absolute atomic E-state index is 0. The number of hydrogen-bond donors (Lipinski definition) is 31. The van der Waals surface area contributed by atoms with Crippen LogP contribution in [-0.2, 0) is 73.3 Å². The monoisotopic (exact) mass is 1920 g/mol. The molecule has 48 nitrogen and oxygen atoms in total. The first-order chi connectivity index (χ1) is 59.5. The molecule has 25 atom stereocenters. The van der Waals surface area contributed by atoms with Crippen molar-refractivity contribution in [3.05, 3.63) is 151 Å². The lowest BCUT2D eigenvalue weighted by molar-refractivity contribution is -0.232. The molecule has 2 spiro atoms. The summed E-state index contributed by atoms with van der Waals surface area (Å²) in [6.07, 6.45) is -32.9. The summed E-state index contributed by atoms with van der Waals surface area (Å²) < 4.78 is 72.2. The number of aryl methyl sites for hydroxylation is 1. The van der Waals surface area contributed by atoms with Crippen LogP contribution in [0.2, 0.25) is 0 Å². The summed E-state index contributed by atoms with van der Waals surface area (Å²) in [4.78, 5) is 50.0. The number of phenols is 9. The maximum Gasteiger partial charge on any atom is 0.378 e. The molecular weight excluding hydrogens is 1830 g/mol. The number of carbonyl (C=O) groups excluding carboxylic acids is 4. The zero-order valence-electron chi connectivity index (χ0n) is 64.4. The minimum atomic E-state index is -2.31. The van der Waals surface area contributed by atoms with Gasteiger partial charge in [0.25, 0.3) is 5.76 Å². The van der Waals surface area contributed by atoms with E-state index in [0.717, 1.165) is 42.5 Å². The van der Waals surface area contributed by atoms with Crippen molar-refractivity contribution in [1.29, 1.82) is 0 Å². The number of hydrogen-bond acceptors (Lipinski definition) is 48. The van der Waals surface area contributed by atoms with E-state index >= 15 is 0 Å². The van der Waals surface area contributed by atoms with Crippen LogP contribution in [0.15, 0.2) is 101 Å². The summed E-state index contributed by atoms with van der Waals surface area (Å²) in [5, 5.41) is 312. The molecule has 5 aromatic carbocycles. The topological polar surface area (TPSA) is 815 Å². The van der Waals surface area contributed by atoms with Crippen LogP contribution in [-0.4, -0.2) is 343 Å². The number of rotatable bonds is 11. The van der Waals surface area contributed by atoms with E-state index in [-0.39, 0.29) is 75.5 Å². The summed E-state index contributed by atoms with van der Waals surface area (Å²) in [5.41, 5.74) is -2.44. The average molecular weight is 1920 g/mol. The van der Waals surface area contributed by atoms with Gasteiger partial charge in [0.1, 0.15) is 202 Å². The molecule has 0 aromatic heterocycles. The van der Waals surface area contributed by atoms with E-state index in [1.807, 2.05) is 4.93 Å². The number of ether oxygens (including phenoxy) is 13. The Labute approximate surface area is 724 Å². The molecule has 0 bridgehead atoms. The van der Waals surface area contributed by atoms with Crippen LogP contribution in [0.1, 0.15) is 80.6 Å². The molecule has 0 saturated carbocycles. The highest BCUT2D eigenvalue weighted by Gasteiger charge is 2.64. The number of aliphatic hydroxyl groups is 22. The highest BCUT2D eigenvalue weighted by molar-refractivity contribution is 14.1. The predicted octanol–water partition coefficient (Wildman–Crippen LogP) is -3.18. The maximum absolute atomic E-state index is 13.0. The molecule has 11 heterocycles. The Hall–Kier alpha value is -11.2. The highest BCUT2D eigenvalue weighted by Crippen LogP contribution is 2.64. The minimum Gasteiger partial charge on any atom is -0.508 e. The number of benzene rings is 5. The lowest BCUT2D eigenvalue weighted by Crippen LogP contribution is -2.55. The predicted molar refractivity (Wildman–Crippen MR) is 413 cm³/mol. The normalized spacial score (nSPS) is 32.4. The fourth-order valence-electron chi connectivity index (χ4n) is 15.7. The van der Waals surface area contributed by atoms with E-state index in [1.54, 1.807) is 6.92 Å². The van der Waals surface area contributed by atoms with Gasteiger partial charge in [-0.2, -0.15) is 0 Å². The number of aromatic hydroxyl groups is 9. The first kappa shape index (κ1) is 94.9. The maximum atomic E-state index is 13.0. The van der Waals surface area contributed by atoms with Crippen molar-refractivity contribution in [2.75, 3.05) is 44.6 Å². The number of halogens is 1. The summed E-state index contributed by atoms with van der Waals surface area (Å²) in [6, 6.07) is 7.58. The van der Waals surface area contributed by atoms with Gasteiger partial charge < -0.3 is 220 Å². The number of esters is 3. The van der Waals surface area contributed by atoms with Gasteiger partial charge in [0.15, 0.2) is 64.4 Å². The fourth-order valence-corrected chi connectivity index (χ4v) is 15.7. The van der Waals surface area contributed by atoms with Gasteiger partial charge in [-0.05, 0) is 41.7 Å². The zero-order chi connectivity index (χ0) is 92.3. The molecule has 4 fully saturated rings. The molecule has 13 unspecified atom stereocenters. The summed E-state index contributed by atoms with van der Waals surface area (Å²) in [6.45, 7) is -2.68. The van der Waals surface area contributed by atoms with E-state index in [0.29, 0.717) is 5.56 Å². The van der Waals surface area contributed by atoms with Crippen molar-refractivity contribution in [3.63, 3.8) is 0 Å². The molecule has 0 amide bonds. The van der Waals surface area contributed by atoms with E-state index in [1.165, 1.54) is 12.1 Å². The van der Waals surface area contributed by atoms with Gasteiger partial charge in [0, 0.05) is 30.3 Å². The van der Waals surface area contributed by atoms with Crippen LogP contribution in [0, 0.1) is 12.8 Å². The van der Waals surface area contributed by atoms with Gasteiger partial charge in [0.2, 0.25) is 17.3 Å². The summed E-state index contributed by atoms with van der Waals surface area (Å²) in [5.74, 6) is -22.2. The van der Waals surface area contributed by atoms with E-state index in [4.69, 9.17) is 77.3 Å². The number of cyclic esters (lactones) is 3. The Kier molecular flexibility index (Phi) is 27.0. The number of phenolic OH excluding ortho intramolecular Hbond substituents is 9. The number of ketones is 1. The van der Waals surface area contributed by atoms with Crippen molar-refractivity contribution in [2.45, 2.75) is 160 Å². The van der Waals surface area contributed by atoms with Gasteiger partial charge in [-0.3, -0.25) is 4.79 Å². The third-order valence-corrected chi connectivity index (χ3v) is 22.1. The lowest BCUT2D eigenvalue weighted by atomic mass is 9.83.